The lowest BCUT2D eigenvalue weighted by molar-refractivity contribution is 0.150. The molecule has 0 aliphatic carbocycles. The lowest BCUT2D eigenvalue weighted by Gasteiger charge is -2.28. The fraction of sp³-hybridized carbons (Fsp3) is 1.00. The summed E-state index contributed by atoms with van der Waals surface area (Å²) in [6.45, 7) is 7.98. The predicted octanol–water partition coefficient (Wildman–Crippen LogP) is 1.56. The van der Waals surface area contributed by atoms with E-state index in [2.05, 4.69) is 30.7 Å². The van der Waals surface area contributed by atoms with Crippen molar-refractivity contribution in [2.24, 2.45) is 0 Å². The van der Waals surface area contributed by atoms with E-state index in [9.17, 15) is 0 Å². The highest BCUT2D eigenvalue weighted by molar-refractivity contribution is 4.86. The Morgan fingerprint density at radius 2 is 2.06 bits per heavy atom. The standard InChI is InChI=1S/C13H28N2O/c1-4-5-6-7-15(8-9-16)13-10-12(2)14(3)11-13/h12-13,16H,4-11H2,1-3H3. The molecule has 1 aliphatic heterocycles. The Bertz CT molecular complexity index is 177. The number of unbranched alkanes of at least 4 members (excludes halogenated alkanes) is 2. The van der Waals surface area contributed by atoms with Gasteiger partial charge in [0.1, 0.15) is 0 Å². The first kappa shape index (κ1) is 13.9. The maximum absolute atomic E-state index is 9.13. The van der Waals surface area contributed by atoms with E-state index in [1.165, 1.54) is 25.7 Å². The van der Waals surface area contributed by atoms with Crippen LogP contribution in [0.15, 0.2) is 0 Å². The Morgan fingerprint density at radius 1 is 1.31 bits per heavy atom. The molecule has 0 aromatic heterocycles. The maximum Gasteiger partial charge on any atom is 0.0558 e. The summed E-state index contributed by atoms with van der Waals surface area (Å²) < 4.78 is 0. The van der Waals surface area contributed by atoms with Crippen molar-refractivity contribution in [1.82, 2.24) is 9.80 Å². The molecule has 16 heavy (non-hydrogen) atoms. The minimum Gasteiger partial charge on any atom is -0.395 e. The molecule has 1 fully saturated rings. The minimum atomic E-state index is 0.292. The van der Waals surface area contributed by atoms with Crippen molar-refractivity contribution in [3.05, 3.63) is 0 Å². The van der Waals surface area contributed by atoms with Gasteiger partial charge in [-0.05, 0) is 33.4 Å². The fourth-order valence-electron chi connectivity index (χ4n) is 2.60. The van der Waals surface area contributed by atoms with Crippen LogP contribution in [0.2, 0.25) is 0 Å². The van der Waals surface area contributed by atoms with Crippen molar-refractivity contribution in [1.29, 1.82) is 0 Å². The normalized spacial score (nSPS) is 26.8. The number of rotatable bonds is 7. The summed E-state index contributed by atoms with van der Waals surface area (Å²) in [6, 6.07) is 1.35. The maximum atomic E-state index is 9.13. The van der Waals surface area contributed by atoms with Crippen molar-refractivity contribution in [3.63, 3.8) is 0 Å². The van der Waals surface area contributed by atoms with E-state index in [0.29, 0.717) is 18.7 Å². The van der Waals surface area contributed by atoms with Gasteiger partial charge in [0.05, 0.1) is 6.61 Å². The molecule has 1 heterocycles. The van der Waals surface area contributed by atoms with E-state index in [4.69, 9.17) is 5.11 Å². The SMILES string of the molecule is CCCCCN(CCO)C1CC(C)N(C)C1. The summed E-state index contributed by atoms with van der Waals surface area (Å²) in [5, 5.41) is 9.13. The van der Waals surface area contributed by atoms with Crippen LogP contribution in [-0.2, 0) is 0 Å². The summed E-state index contributed by atoms with van der Waals surface area (Å²) in [5.74, 6) is 0. The van der Waals surface area contributed by atoms with Gasteiger partial charge in [-0.2, -0.15) is 0 Å². The van der Waals surface area contributed by atoms with Crippen LogP contribution in [0.1, 0.15) is 39.5 Å². The highest BCUT2D eigenvalue weighted by atomic mass is 16.3. The topological polar surface area (TPSA) is 26.7 Å². The summed E-state index contributed by atoms with van der Waals surface area (Å²) in [5.41, 5.74) is 0. The zero-order valence-corrected chi connectivity index (χ0v) is 11.2. The van der Waals surface area contributed by atoms with Crippen LogP contribution in [-0.4, -0.2) is 60.3 Å². The first-order chi connectivity index (χ1) is 7.69. The van der Waals surface area contributed by atoms with E-state index in [0.717, 1.165) is 19.6 Å². The number of likely N-dealkylation sites (tertiary alicyclic amines) is 1. The zero-order chi connectivity index (χ0) is 12.0. The second-order valence-electron chi connectivity index (χ2n) is 5.14. The van der Waals surface area contributed by atoms with Gasteiger partial charge in [0.2, 0.25) is 0 Å². The molecule has 96 valence electrons. The smallest absolute Gasteiger partial charge is 0.0558 e. The van der Waals surface area contributed by atoms with Crippen molar-refractivity contribution in [2.45, 2.75) is 51.6 Å². The fourth-order valence-corrected chi connectivity index (χ4v) is 2.60. The van der Waals surface area contributed by atoms with Crippen LogP contribution in [0.25, 0.3) is 0 Å². The van der Waals surface area contributed by atoms with Crippen molar-refractivity contribution >= 4 is 0 Å². The largest absolute Gasteiger partial charge is 0.395 e. The molecular formula is C13H28N2O. The van der Waals surface area contributed by atoms with E-state index in [-0.39, 0.29) is 0 Å². The summed E-state index contributed by atoms with van der Waals surface area (Å²) in [4.78, 5) is 4.91. The first-order valence-electron chi connectivity index (χ1n) is 6.74. The second-order valence-corrected chi connectivity index (χ2v) is 5.14. The van der Waals surface area contributed by atoms with Gasteiger partial charge in [0.15, 0.2) is 0 Å². The highest BCUT2D eigenvalue weighted by Crippen LogP contribution is 2.20. The Hall–Kier alpha value is -0.120. The minimum absolute atomic E-state index is 0.292. The average molecular weight is 228 g/mol. The Morgan fingerprint density at radius 3 is 2.56 bits per heavy atom. The number of hydrogen-bond acceptors (Lipinski definition) is 3. The molecule has 3 nitrogen and oxygen atoms in total. The molecule has 1 aliphatic rings. The van der Waals surface area contributed by atoms with E-state index < -0.39 is 0 Å². The van der Waals surface area contributed by atoms with Crippen LogP contribution < -0.4 is 0 Å². The Balaban J connectivity index is 2.37. The first-order valence-corrected chi connectivity index (χ1v) is 6.74. The van der Waals surface area contributed by atoms with E-state index in [1.807, 2.05) is 0 Å². The highest BCUT2D eigenvalue weighted by Gasteiger charge is 2.29. The van der Waals surface area contributed by atoms with Crippen LogP contribution in [0, 0.1) is 0 Å². The van der Waals surface area contributed by atoms with Crippen molar-refractivity contribution < 1.29 is 5.11 Å². The van der Waals surface area contributed by atoms with Gasteiger partial charge in [0, 0.05) is 25.2 Å². The van der Waals surface area contributed by atoms with Gasteiger partial charge in [0.25, 0.3) is 0 Å². The molecule has 1 rings (SSSR count). The molecule has 0 aromatic carbocycles. The summed E-state index contributed by atoms with van der Waals surface area (Å²) in [7, 11) is 2.20. The Labute approximate surface area is 100 Å². The third-order valence-electron chi connectivity index (χ3n) is 3.82. The quantitative estimate of drug-likeness (QED) is 0.670. The Kier molecular flexibility index (Phi) is 6.32. The lowest BCUT2D eigenvalue weighted by Crippen LogP contribution is -2.39. The van der Waals surface area contributed by atoms with Gasteiger partial charge in [-0.3, -0.25) is 4.90 Å². The van der Waals surface area contributed by atoms with Gasteiger partial charge >= 0.3 is 0 Å². The van der Waals surface area contributed by atoms with Crippen molar-refractivity contribution in [3.8, 4) is 0 Å². The number of aliphatic hydroxyl groups excluding tert-OH is 1. The monoisotopic (exact) mass is 228 g/mol. The molecule has 0 radical (unpaired) electrons. The molecule has 0 amide bonds. The van der Waals surface area contributed by atoms with Crippen molar-refractivity contribution in [2.75, 3.05) is 33.3 Å². The van der Waals surface area contributed by atoms with Gasteiger partial charge in [-0.15, -0.1) is 0 Å². The van der Waals surface area contributed by atoms with Crippen LogP contribution >= 0.6 is 0 Å². The second kappa shape index (κ2) is 7.25. The van der Waals surface area contributed by atoms with Crippen LogP contribution in [0.4, 0.5) is 0 Å². The number of likely N-dealkylation sites (N-methyl/N-ethyl adjacent to an activating group) is 1. The van der Waals surface area contributed by atoms with E-state index >= 15 is 0 Å². The molecule has 0 aromatic rings. The van der Waals surface area contributed by atoms with Gasteiger partial charge in [-0.25, -0.2) is 0 Å². The number of nitrogens with zero attached hydrogens (tertiary/aromatic N) is 2. The molecular weight excluding hydrogens is 200 g/mol. The number of hydrogen-bond donors (Lipinski definition) is 1. The average Bonchev–Trinajstić information content (AvgIpc) is 2.58. The molecule has 0 spiro atoms. The summed E-state index contributed by atoms with van der Waals surface area (Å²) >= 11 is 0. The number of aliphatic hydroxyl groups is 1. The van der Waals surface area contributed by atoms with Crippen LogP contribution in [0.3, 0.4) is 0 Å². The van der Waals surface area contributed by atoms with Gasteiger partial charge < -0.3 is 10.0 Å². The third kappa shape index (κ3) is 4.04. The third-order valence-corrected chi connectivity index (χ3v) is 3.82. The molecule has 1 saturated heterocycles. The summed E-state index contributed by atoms with van der Waals surface area (Å²) in [6.07, 6.45) is 5.10. The molecule has 2 atom stereocenters. The molecule has 0 bridgehead atoms. The van der Waals surface area contributed by atoms with Gasteiger partial charge in [-0.1, -0.05) is 19.8 Å². The molecule has 1 N–H and O–H groups in total. The van der Waals surface area contributed by atoms with E-state index in [1.54, 1.807) is 0 Å². The predicted molar refractivity (Wildman–Crippen MR) is 68.7 cm³/mol. The molecule has 2 unspecified atom stereocenters. The molecule has 3 heteroatoms. The zero-order valence-electron chi connectivity index (χ0n) is 11.2. The van der Waals surface area contributed by atoms with Crippen LogP contribution in [0.5, 0.6) is 0 Å². The lowest BCUT2D eigenvalue weighted by atomic mass is 10.1. The molecule has 0 saturated carbocycles.